The van der Waals surface area contributed by atoms with E-state index in [0.29, 0.717) is 0 Å². The molecule has 0 aliphatic carbocycles. The molecule has 1 aliphatic heterocycles. The van der Waals surface area contributed by atoms with Gasteiger partial charge in [-0.25, -0.2) is 0 Å². The second-order valence-corrected chi connectivity index (χ2v) is 5.49. The Morgan fingerprint density at radius 1 is 1.26 bits per heavy atom. The minimum atomic E-state index is 0.168. The monoisotopic (exact) mass is 262 g/mol. The van der Waals surface area contributed by atoms with Gasteiger partial charge >= 0.3 is 0 Å². The van der Waals surface area contributed by atoms with E-state index in [1.165, 1.54) is 24.1 Å². The minimum Gasteiger partial charge on any atom is -0.384 e. The van der Waals surface area contributed by atoms with Gasteiger partial charge in [0.05, 0.1) is 0 Å². The number of ether oxygens (including phenoxy) is 1. The SMILES string of the molecule is CCC(N)c1ccc(N2CCC(COC)CC2)cc1. The van der Waals surface area contributed by atoms with Crippen LogP contribution in [0.4, 0.5) is 5.69 Å². The maximum Gasteiger partial charge on any atom is 0.0491 e. The molecule has 0 aromatic heterocycles. The predicted octanol–water partition coefficient (Wildman–Crippen LogP) is 2.96. The Balaban J connectivity index is 1.92. The van der Waals surface area contributed by atoms with Crippen LogP contribution in [0.25, 0.3) is 0 Å². The summed E-state index contributed by atoms with van der Waals surface area (Å²) in [7, 11) is 1.79. The third kappa shape index (κ3) is 3.71. The van der Waals surface area contributed by atoms with Crippen molar-refractivity contribution in [2.45, 2.75) is 32.2 Å². The van der Waals surface area contributed by atoms with Crippen LogP contribution in [-0.2, 0) is 4.74 Å². The predicted molar refractivity (Wildman–Crippen MR) is 80.5 cm³/mol. The molecule has 1 heterocycles. The molecule has 0 amide bonds. The third-order valence-corrected chi connectivity index (χ3v) is 4.14. The van der Waals surface area contributed by atoms with Crippen LogP contribution < -0.4 is 10.6 Å². The summed E-state index contributed by atoms with van der Waals surface area (Å²) in [5, 5.41) is 0. The van der Waals surface area contributed by atoms with E-state index < -0.39 is 0 Å². The fraction of sp³-hybridized carbons (Fsp3) is 0.625. The van der Waals surface area contributed by atoms with Gasteiger partial charge in [0, 0.05) is 38.5 Å². The molecular formula is C16H26N2O. The summed E-state index contributed by atoms with van der Waals surface area (Å²) in [6.07, 6.45) is 3.44. The van der Waals surface area contributed by atoms with Crippen molar-refractivity contribution in [3.8, 4) is 0 Å². The van der Waals surface area contributed by atoms with Gasteiger partial charge in [-0.3, -0.25) is 0 Å². The molecule has 0 saturated carbocycles. The van der Waals surface area contributed by atoms with Gasteiger partial charge in [0.2, 0.25) is 0 Å². The average molecular weight is 262 g/mol. The molecule has 1 saturated heterocycles. The second kappa shape index (κ2) is 6.92. The molecule has 1 aromatic carbocycles. The second-order valence-electron chi connectivity index (χ2n) is 5.49. The van der Waals surface area contributed by atoms with E-state index in [1.54, 1.807) is 7.11 Å². The zero-order chi connectivity index (χ0) is 13.7. The van der Waals surface area contributed by atoms with Crippen molar-refractivity contribution < 1.29 is 4.74 Å². The van der Waals surface area contributed by atoms with E-state index in [9.17, 15) is 0 Å². The minimum absolute atomic E-state index is 0.168. The number of rotatable bonds is 5. The molecule has 0 radical (unpaired) electrons. The Hall–Kier alpha value is -1.06. The van der Waals surface area contributed by atoms with Crippen LogP contribution in [0, 0.1) is 5.92 Å². The van der Waals surface area contributed by atoms with Crippen molar-refractivity contribution in [2.75, 3.05) is 31.7 Å². The maximum atomic E-state index is 6.05. The highest BCUT2D eigenvalue weighted by Crippen LogP contribution is 2.25. The van der Waals surface area contributed by atoms with Crippen LogP contribution >= 0.6 is 0 Å². The van der Waals surface area contributed by atoms with Crippen LogP contribution in [0.5, 0.6) is 0 Å². The van der Waals surface area contributed by atoms with Crippen molar-refractivity contribution >= 4 is 5.69 Å². The Morgan fingerprint density at radius 2 is 1.89 bits per heavy atom. The van der Waals surface area contributed by atoms with Gasteiger partial charge < -0.3 is 15.4 Å². The first-order valence-electron chi connectivity index (χ1n) is 7.34. The Labute approximate surface area is 116 Å². The Bertz CT molecular complexity index is 369. The Kier molecular flexibility index (Phi) is 5.23. The van der Waals surface area contributed by atoms with Crippen LogP contribution in [-0.4, -0.2) is 26.8 Å². The summed E-state index contributed by atoms with van der Waals surface area (Å²) in [6.45, 7) is 5.29. The van der Waals surface area contributed by atoms with Gasteiger partial charge in [0.15, 0.2) is 0 Å². The van der Waals surface area contributed by atoms with E-state index in [0.717, 1.165) is 32.0 Å². The van der Waals surface area contributed by atoms with E-state index in [2.05, 4.69) is 36.1 Å². The van der Waals surface area contributed by atoms with E-state index in [4.69, 9.17) is 10.5 Å². The molecule has 0 bridgehead atoms. The van der Waals surface area contributed by atoms with Crippen LogP contribution in [0.3, 0.4) is 0 Å². The summed E-state index contributed by atoms with van der Waals surface area (Å²) in [5.41, 5.74) is 8.61. The van der Waals surface area contributed by atoms with Crippen molar-refractivity contribution in [2.24, 2.45) is 11.7 Å². The smallest absolute Gasteiger partial charge is 0.0491 e. The molecule has 0 spiro atoms. The number of nitrogens with zero attached hydrogens (tertiary/aromatic N) is 1. The molecule has 1 aromatic rings. The molecular weight excluding hydrogens is 236 g/mol. The lowest BCUT2D eigenvalue weighted by Gasteiger charge is -2.33. The first-order chi connectivity index (χ1) is 9.24. The van der Waals surface area contributed by atoms with E-state index in [-0.39, 0.29) is 6.04 Å². The van der Waals surface area contributed by atoms with Crippen molar-refractivity contribution in [3.63, 3.8) is 0 Å². The molecule has 106 valence electrons. The highest BCUT2D eigenvalue weighted by Gasteiger charge is 2.19. The third-order valence-electron chi connectivity index (χ3n) is 4.14. The Morgan fingerprint density at radius 3 is 2.42 bits per heavy atom. The van der Waals surface area contributed by atoms with Gasteiger partial charge in [-0.05, 0) is 42.9 Å². The summed E-state index contributed by atoms with van der Waals surface area (Å²) in [6, 6.07) is 8.93. The maximum absolute atomic E-state index is 6.05. The summed E-state index contributed by atoms with van der Waals surface area (Å²) in [5.74, 6) is 0.731. The molecule has 3 nitrogen and oxygen atoms in total. The van der Waals surface area contributed by atoms with Crippen molar-refractivity contribution in [1.82, 2.24) is 0 Å². The lowest BCUT2D eigenvalue weighted by atomic mass is 9.97. The molecule has 2 N–H and O–H groups in total. The summed E-state index contributed by atoms with van der Waals surface area (Å²) in [4.78, 5) is 2.47. The summed E-state index contributed by atoms with van der Waals surface area (Å²) < 4.78 is 5.24. The van der Waals surface area contributed by atoms with Crippen LogP contribution in [0.15, 0.2) is 24.3 Å². The molecule has 1 aliphatic rings. The topological polar surface area (TPSA) is 38.5 Å². The number of hydrogen-bond acceptors (Lipinski definition) is 3. The van der Waals surface area contributed by atoms with Gasteiger partial charge in [0.1, 0.15) is 0 Å². The number of nitrogens with two attached hydrogens (primary N) is 1. The zero-order valence-corrected chi connectivity index (χ0v) is 12.1. The van der Waals surface area contributed by atoms with Crippen molar-refractivity contribution in [1.29, 1.82) is 0 Å². The summed E-state index contributed by atoms with van der Waals surface area (Å²) >= 11 is 0. The standard InChI is InChI=1S/C16H26N2O/c1-3-16(17)14-4-6-15(7-5-14)18-10-8-13(9-11-18)12-19-2/h4-7,13,16H,3,8-12,17H2,1-2H3. The highest BCUT2D eigenvalue weighted by molar-refractivity contribution is 5.48. The molecule has 1 unspecified atom stereocenters. The van der Waals surface area contributed by atoms with Crippen molar-refractivity contribution in [3.05, 3.63) is 29.8 Å². The lowest BCUT2D eigenvalue weighted by Crippen LogP contribution is -2.34. The van der Waals surface area contributed by atoms with Gasteiger partial charge in [-0.2, -0.15) is 0 Å². The normalized spacial score (nSPS) is 18.6. The number of piperidine rings is 1. The highest BCUT2D eigenvalue weighted by atomic mass is 16.5. The number of hydrogen-bond donors (Lipinski definition) is 1. The number of methoxy groups -OCH3 is 1. The van der Waals surface area contributed by atoms with Gasteiger partial charge in [-0.15, -0.1) is 0 Å². The zero-order valence-electron chi connectivity index (χ0n) is 12.1. The average Bonchev–Trinajstić information content (AvgIpc) is 2.48. The molecule has 2 rings (SSSR count). The molecule has 3 heteroatoms. The van der Waals surface area contributed by atoms with Crippen LogP contribution in [0.2, 0.25) is 0 Å². The molecule has 19 heavy (non-hydrogen) atoms. The number of benzene rings is 1. The van der Waals surface area contributed by atoms with Gasteiger partial charge in [-0.1, -0.05) is 19.1 Å². The quantitative estimate of drug-likeness (QED) is 0.886. The first kappa shape index (κ1) is 14.4. The van der Waals surface area contributed by atoms with Crippen LogP contribution in [0.1, 0.15) is 37.8 Å². The fourth-order valence-electron chi connectivity index (χ4n) is 2.76. The molecule has 1 atom stereocenters. The first-order valence-corrected chi connectivity index (χ1v) is 7.34. The van der Waals surface area contributed by atoms with E-state index in [1.807, 2.05) is 0 Å². The number of anilines is 1. The molecule has 1 fully saturated rings. The van der Waals surface area contributed by atoms with Gasteiger partial charge in [0.25, 0.3) is 0 Å². The van der Waals surface area contributed by atoms with E-state index >= 15 is 0 Å². The fourth-order valence-corrected chi connectivity index (χ4v) is 2.76. The largest absolute Gasteiger partial charge is 0.384 e. The lowest BCUT2D eigenvalue weighted by molar-refractivity contribution is 0.139.